The van der Waals surface area contributed by atoms with E-state index in [0.29, 0.717) is 0 Å². The SMILES string of the molecule is COc1cc2c(cc1OC)-c1ccc(C3=[NH+]Cc4ccccc4C3)n1CC2.[Cl-]. The Bertz CT molecular complexity index is 1070. The van der Waals surface area contributed by atoms with Crippen LogP contribution in [0, 0.1) is 0 Å². The Balaban J connectivity index is 0.00000192. The molecule has 2 aliphatic heterocycles. The predicted octanol–water partition coefficient (Wildman–Crippen LogP) is -0.642. The van der Waals surface area contributed by atoms with Crippen LogP contribution in [0.3, 0.4) is 0 Å². The average Bonchev–Trinajstić information content (AvgIpc) is 3.16. The lowest BCUT2D eigenvalue weighted by Crippen LogP contribution is -3.00. The summed E-state index contributed by atoms with van der Waals surface area (Å²) < 4.78 is 13.4. The molecule has 0 bridgehead atoms. The van der Waals surface area contributed by atoms with Crippen molar-refractivity contribution in [2.45, 2.75) is 25.9 Å². The number of ether oxygens (including phenoxy) is 2. The number of methoxy groups -OCH3 is 2. The van der Waals surface area contributed by atoms with Gasteiger partial charge in [0.25, 0.3) is 0 Å². The van der Waals surface area contributed by atoms with Crippen LogP contribution >= 0.6 is 0 Å². The van der Waals surface area contributed by atoms with Gasteiger partial charge in [0.05, 0.1) is 20.6 Å². The number of rotatable bonds is 3. The van der Waals surface area contributed by atoms with Crippen LogP contribution in [0.15, 0.2) is 48.5 Å². The molecule has 5 heteroatoms. The van der Waals surface area contributed by atoms with Gasteiger partial charge in [-0.25, -0.2) is 4.99 Å². The largest absolute Gasteiger partial charge is 1.00 e. The molecule has 2 aliphatic rings. The fourth-order valence-corrected chi connectivity index (χ4v) is 4.34. The molecule has 2 aromatic carbocycles. The van der Waals surface area contributed by atoms with Crippen molar-refractivity contribution in [2.75, 3.05) is 14.2 Å². The molecule has 0 atom stereocenters. The molecular weight excluding hydrogens is 372 g/mol. The second-order valence-electron chi connectivity index (χ2n) is 7.15. The molecule has 4 nitrogen and oxygen atoms in total. The lowest BCUT2D eigenvalue weighted by molar-refractivity contribution is -0.478. The monoisotopic (exact) mass is 394 g/mol. The van der Waals surface area contributed by atoms with Gasteiger partial charge < -0.3 is 26.4 Å². The molecule has 0 aliphatic carbocycles. The highest BCUT2D eigenvalue weighted by atomic mass is 35.5. The second kappa shape index (κ2) is 7.36. The smallest absolute Gasteiger partial charge is 0.203 e. The van der Waals surface area contributed by atoms with E-state index >= 15 is 0 Å². The summed E-state index contributed by atoms with van der Waals surface area (Å²) >= 11 is 0. The van der Waals surface area contributed by atoms with E-state index < -0.39 is 0 Å². The van der Waals surface area contributed by atoms with E-state index in [1.165, 1.54) is 39.4 Å². The highest BCUT2D eigenvalue weighted by molar-refractivity contribution is 5.98. The van der Waals surface area contributed by atoms with Crippen LogP contribution in [-0.4, -0.2) is 24.5 Å². The Morgan fingerprint density at radius 1 is 0.857 bits per heavy atom. The maximum absolute atomic E-state index is 5.53. The van der Waals surface area contributed by atoms with E-state index in [2.05, 4.69) is 58.1 Å². The first kappa shape index (κ1) is 18.6. The molecular formula is C23H23ClN2O2. The summed E-state index contributed by atoms with van der Waals surface area (Å²) in [7, 11) is 3.38. The summed E-state index contributed by atoms with van der Waals surface area (Å²) in [6.45, 7) is 1.88. The van der Waals surface area contributed by atoms with Gasteiger partial charge in [0.15, 0.2) is 18.0 Å². The van der Waals surface area contributed by atoms with Crippen molar-refractivity contribution in [1.82, 2.24) is 4.57 Å². The van der Waals surface area contributed by atoms with Gasteiger partial charge in [-0.05, 0) is 41.8 Å². The quantitative estimate of drug-likeness (QED) is 0.641. The van der Waals surface area contributed by atoms with Crippen molar-refractivity contribution >= 4 is 5.71 Å². The third-order valence-electron chi connectivity index (χ3n) is 5.76. The third kappa shape index (κ3) is 2.89. The van der Waals surface area contributed by atoms with Gasteiger partial charge in [-0.3, -0.25) is 0 Å². The van der Waals surface area contributed by atoms with E-state index in [1.807, 2.05) is 0 Å². The van der Waals surface area contributed by atoms with Crippen LogP contribution in [0.5, 0.6) is 11.5 Å². The zero-order valence-corrected chi connectivity index (χ0v) is 16.8. The molecule has 144 valence electrons. The molecule has 28 heavy (non-hydrogen) atoms. The summed E-state index contributed by atoms with van der Waals surface area (Å²) in [5, 5.41) is 0. The molecule has 0 fully saturated rings. The van der Waals surface area contributed by atoms with Gasteiger partial charge in [-0.15, -0.1) is 0 Å². The summed E-state index contributed by atoms with van der Waals surface area (Å²) in [6.07, 6.45) is 1.95. The first-order valence-electron chi connectivity index (χ1n) is 9.40. The number of hydrogen-bond donors (Lipinski definition) is 1. The fraction of sp³-hybridized carbons (Fsp3) is 0.261. The molecule has 1 N–H and O–H groups in total. The maximum Gasteiger partial charge on any atom is 0.203 e. The number of benzene rings is 2. The predicted molar refractivity (Wildman–Crippen MR) is 106 cm³/mol. The van der Waals surface area contributed by atoms with E-state index in [4.69, 9.17) is 9.47 Å². The lowest BCUT2D eigenvalue weighted by Gasteiger charge is -2.23. The van der Waals surface area contributed by atoms with Gasteiger partial charge in [-0.1, -0.05) is 24.3 Å². The highest BCUT2D eigenvalue weighted by Gasteiger charge is 2.26. The topological polar surface area (TPSA) is 37.4 Å². The van der Waals surface area contributed by atoms with Crippen molar-refractivity contribution in [1.29, 1.82) is 0 Å². The van der Waals surface area contributed by atoms with Crippen molar-refractivity contribution in [3.8, 4) is 22.8 Å². The van der Waals surface area contributed by atoms with Crippen LogP contribution < -0.4 is 26.9 Å². The van der Waals surface area contributed by atoms with Crippen molar-refractivity contribution in [2.24, 2.45) is 0 Å². The van der Waals surface area contributed by atoms with Gasteiger partial charge in [0.2, 0.25) is 5.71 Å². The van der Waals surface area contributed by atoms with Gasteiger partial charge in [-0.2, -0.15) is 0 Å². The number of hydrogen-bond acceptors (Lipinski definition) is 2. The minimum absolute atomic E-state index is 0. The summed E-state index contributed by atoms with van der Waals surface area (Å²) in [6, 6.07) is 17.4. The van der Waals surface area contributed by atoms with Crippen LogP contribution in [-0.2, 0) is 25.9 Å². The number of fused-ring (bicyclic) bond motifs is 4. The fourth-order valence-electron chi connectivity index (χ4n) is 4.34. The molecule has 0 unspecified atom stereocenters. The molecule has 0 spiro atoms. The highest BCUT2D eigenvalue weighted by Crippen LogP contribution is 2.39. The molecule has 0 saturated carbocycles. The van der Waals surface area contributed by atoms with Crippen molar-refractivity contribution in [3.63, 3.8) is 0 Å². The Labute approximate surface area is 171 Å². The third-order valence-corrected chi connectivity index (χ3v) is 5.76. The zero-order valence-electron chi connectivity index (χ0n) is 16.1. The summed E-state index contributed by atoms with van der Waals surface area (Å²) in [5.74, 6) is 1.58. The maximum atomic E-state index is 5.53. The molecule has 1 aromatic heterocycles. The van der Waals surface area contributed by atoms with E-state index in [0.717, 1.165) is 37.4 Å². The summed E-state index contributed by atoms with van der Waals surface area (Å²) in [5.41, 5.74) is 9.22. The molecule has 0 amide bonds. The standard InChI is InChI=1S/C23H22N2O2.ClH/c1-26-22-12-16-9-10-25-20(18(16)13-23(22)27-2)7-8-21(25)19-11-15-5-3-4-6-17(15)14-24-19;/h3-8,12-13H,9-11,14H2,1-2H3;1H. The van der Waals surface area contributed by atoms with Gasteiger partial charge in [0, 0.05) is 23.4 Å². The Kier molecular flexibility index (Phi) is 4.90. The average molecular weight is 395 g/mol. The minimum Gasteiger partial charge on any atom is -1.00 e. The molecule has 0 saturated heterocycles. The number of nitrogens with zero attached hydrogens (tertiary/aromatic N) is 1. The second-order valence-corrected chi connectivity index (χ2v) is 7.15. The Hall–Kier alpha value is -2.72. The van der Waals surface area contributed by atoms with Crippen LogP contribution in [0.4, 0.5) is 0 Å². The van der Waals surface area contributed by atoms with Crippen LogP contribution in [0.25, 0.3) is 11.3 Å². The number of nitrogens with one attached hydrogen (secondary N) is 1. The molecule has 5 rings (SSSR count). The minimum atomic E-state index is 0. The van der Waals surface area contributed by atoms with Crippen LogP contribution in [0.1, 0.15) is 22.4 Å². The Morgan fingerprint density at radius 2 is 1.57 bits per heavy atom. The Morgan fingerprint density at radius 3 is 2.36 bits per heavy atom. The number of halogens is 1. The van der Waals surface area contributed by atoms with Crippen molar-refractivity contribution in [3.05, 3.63) is 70.9 Å². The lowest BCUT2D eigenvalue weighted by atomic mass is 9.96. The van der Waals surface area contributed by atoms with E-state index in [1.54, 1.807) is 14.2 Å². The number of aromatic nitrogens is 1. The first-order valence-corrected chi connectivity index (χ1v) is 9.40. The molecule has 0 radical (unpaired) electrons. The van der Waals surface area contributed by atoms with E-state index in [9.17, 15) is 0 Å². The van der Waals surface area contributed by atoms with E-state index in [-0.39, 0.29) is 12.4 Å². The zero-order chi connectivity index (χ0) is 18.4. The van der Waals surface area contributed by atoms with Gasteiger partial charge >= 0.3 is 0 Å². The van der Waals surface area contributed by atoms with Crippen LogP contribution in [0.2, 0.25) is 0 Å². The molecule has 3 aromatic rings. The first-order chi connectivity index (χ1) is 13.3. The molecule has 3 heterocycles. The van der Waals surface area contributed by atoms with Gasteiger partial charge in [0.1, 0.15) is 5.69 Å². The summed E-state index contributed by atoms with van der Waals surface area (Å²) in [4.78, 5) is 3.64. The van der Waals surface area contributed by atoms with Crippen molar-refractivity contribution < 1.29 is 26.9 Å². The number of aryl methyl sites for hydroxylation is 1. The normalized spacial score (nSPS) is 14.1.